The molecule has 0 bridgehead atoms. The molecular formula is C19H17ClN6O. The van der Waals surface area contributed by atoms with Gasteiger partial charge in [-0.15, -0.1) is 0 Å². The summed E-state index contributed by atoms with van der Waals surface area (Å²) in [6.07, 6.45) is 7.67. The summed E-state index contributed by atoms with van der Waals surface area (Å²) in [6, 6.07) is 7.75. The number of anilines is 1. The van der Waals surface area contributed by atoms with Gasteiger partial charge in [-0.25, -0.2) is 9.97 Å². The SMILES string of the molecule is N#CCCNc1nccn2c(-c3ccc(C(=O)NC4CC4)c(Cl)c3)cnc12. The Hall–Kier alpha value is -3.11. The summed E-state index contributed by atoms with van der Waals surface area (Å²) < 4.78 is 1.90. The van der Waals surface area contributed by atoms with Crippen molar-refractivity contribution < 1.29 is 4.79 Å². The second-order valence-electron chi connectivity index (χ2n) is 6.39. The van der Waals surface area contributed by atoms with Crippen molar-refractivity contribution in [3.8, 4) is 17.3 Å². The first-order valence-corrected chi connectivity index (χ1v) is 9.09. The lowest BCUT2D eigenvalue weighted by molar-refractivity contribution is 0.0951. The number of halogens is 1. The van der Waals surface area contributed by atoms with E-state index in [-0.39, 0.29) is 11.9 Å². The maximum atomic E-state index is 12.2. The molecule has 1 amide bonds. The van der Waals surface area contributed by atoms with Gasteiger partial charge in [-0.05, 0) is 25.0 Å². The van der Waals surface area contributed by atoms with Gasteiger partial charge in [0, 0.05) is 30.5 Å². The standard InChI is InChI=1S/C19H17ClN6O/c20-15-10-12(2-5-14(15)19(27)25-13-3-4-13)16-11-24-18-17(22-7-1-6-21)23-8-9-26(16)18/h2,5,8-11,13H,1,3-4,7H2,(H,22,23)(H,25,27). The lowest BCUT2D eigenvalue weighted by Gasteiger charge is -2.09. The number of hydrogen-bond donors (Lipinski definition) is 2. The van der Waals surface area contributed by atoms with E-state index in [4.69, 9.17) is 16.9 Å². The van der Waals surface area contributed by atoms with Crippen LogP contribution in [0.25, 0.3) is 16.9 Å². The molecule has 3 aromatic rings. The van der Waals surface area contributed by atoms with E-state index in [1.807, 2.05) is 16.7 Å². The van der Waals surface area contributed by atoms with Crippen LogP contribution in [0.3, 0.4) is 0 Å². The van der Waals surface area contributed by atoms with Gasteiger partial charge in [-0.3, -0.25) is 9.20 Å². The Morgan fingerprint density at radius 2 is 2.22 bits per heavy atom. The number of imidazole rings is 1. The minimum Gasteiger partial charge on any atom is -0.366 e. The van der Waals surface area contributed by atoms with Crippen molar-refractivity contribution in [3.05, 3.63) is 47.4 Å². The maximum Gasteiger partial charge on any atom is 0.253 e. The first-order valence-electron chi connectivity index (χ1n) is 8.71. The molecule has 0 atom stereocenters. The van der Waals surface area contributed by atoms with Crippen LogP contribution in [0.5, 0.6) is 0 Å². The number of rotatable bonds is 6. The lowest BCUT2D eigenvalue weighted by atomic mass is 10.1. The monoisotopic (exact) mass is 380 g/mol. The molecule has 136 valence electrons. The van der Waals surface area contributed by atoms with Crippen LogP contribution < -0.4 is 10.6 Å². The van der Waals surface area contributed by atoms with Gasteiger partial charge in [0.05, 0.1) is 35.0 Å². The topological polar surface area (TPSA) is 95.1 Å². The number of aromatic nitrogens is 3. The minimum absolute atomic E-state index is 0.139. The van der Waals surface area contributed by atoms with E-state index in [2.05, 4.69) is 26.7 Å². The molecule has 4 rings (SSSR count). The molecule has 1 aliphatic carbocycles. The lowest BCUT2D eigenvalue weighted by Crippen LogP contribution is -2.25. The van der Waals surface area contributed by atoms with Crippen molar-refractivity contribution in [1.29, 1.82) is 5.26 Å². The highest BCUT2D eigenvalue weighted by molar-refractivity contribution is 6.34. The van der Waals surface area contributed by atoms with E-state index in [0.717, 1.165) is 24.1 Å². The third-order valence-corrected chi connectivity index (χ3v) is 4.69. The van der Waals surface area contributed by atoms with Crippen molar-refractivity contribution in [2.24, 2.45) is 0 Å². The zero-order chi connectivity index (χ0) is 18.8. The van der Waals surface area contributed by atoms with Crippen LogP contribution in [0, 0.1) is 11.3 Å². The molecular weight excluding hydrogens is 364 g/mol. The second-order valence-corrected chi connectivity index (χ2v) is 6.80. The molecule has 1 saturated carbocycles. The zero-order valence-electron chi connectivity index (χ0n) is 14.4. The molecule has 0 aliphatic heterocycles. The first kappa shape index (κ1) is 17.3. The summed E-state index contributed by atoms with van der Waals surface area (Å²) >= 11 is 6.37. The number of fused-ring (bicyclic) bond motifs is 1. The average molecular weight is 381 g/mol. The van der Waals surface area contributed by atoms with Gasteiger partial charge in [0.15, 0.2) is 11.5 Å². The third kappa shape index (κ3) is 3.57. The van der Waals surface area contributed by atoms with Crippen molar-refractivity contribution in [2.45, 2.75) is 25.3 Å². The fourth-order valence-electron chi connectivity index (χ4n) is 2.84. The molecule has 1 aromatic carbocycles. The molecule has 1 aliphatic rings. The number of carbonyl (C=O) groups is 1. The van der Waals surface area contributed by atoms with Crippen LogP contribution in [0.1, 0.15) is 29.6 Å². The summed E-state index contributed by atoms with van der Waals surface area (Å²) in [5.41, 5.74) is 2.83. The number of hydrogen-bond acceptors (Lipinski definition) is 5. The number of carbonyl (C=O) groups excluding carboxylic acids is 1. The van der Waals surface area contributed by atoms with E-state index >= 15 is 0 Å². The Kier molecular flexibility index (Phi) is 4.65. The smallest absolute Gasteiger partial charge is 0.253 e. The highest BCUT2D eigenvalue weighted by atomic mass is 35.5. The quantitative estimate of drug-likeness (QED) is 0.640. The average Bonchev–Trinajstić information content (AvgIpc) is 3.37. The van der Waals surface area contributed by atoms with Crippen LogP contribution in [-0.4, -0.2) is 32.9 Å². The Morgan fingerprint density at radius 1 is 1.37 bits per heavy atom. The largest absolute Gasteiger partial charge is 0.366 e. The summed E-state index contributed by atoms with van der Waals surface area (Å²) in [5, 5.41) is 15.1. The van der Waals surface area contributed by atoms with Gasteiger partial charge in [0.1, 0.15) is 0 Å². The van der Waals surface area contributed by atoms with E-state index in [9.17, 15) is 4.79 Å². The van der Waals surface area contributed by atoms with Crippen LogP contribution in [0.4, 0.5) is 5.82 Å². The van der Waals surface area contributed by atoms with E-state index in [0.29, 0.717) is 35.0 Å². The molecule has 27 heavy (non-hydrogen) atoms. The number of nitriles is 1. The van der Waals surface area contributed by atoms with E-state index < -0.39 is 0 Å². The van der Waals surface area contributed by atoms with Gasteiger partial charge in [-0.1, -0.05) is 17.7 Å². The third-order valence-electron chi connectivity index (χ3n) is 4.38. The Balaban J connectivity index is 1.64. The zero-order valence-corrected chi connectivity index (χ0v) is 15.2. The summed E-state index contributed by atoms with van der Waals surface area (Å²) in [6.45, 7) is 0.502. The van der Waals surface area contributed by atoms with Gasteiger partial charge in [0.2, 0.25) is 0 Å². The molecule has 0 spiro atoms. The number of amides is 1. The van der Waals surface area contributed by atoms with Gasteiger partial charge < -0.3 is 10.6 Å². The Morgan fingerprint density at radius 3 is 2.96 bits per heavy atom. The molecule has 8 heteroatoms. The van der Waals surface area contributed by atoms with Crippen LogP contribution >= 0.6 is 11.6 Å². The molecule has 2 aromatic heterocycles. The molecule has 0 saturated heterocycles. The fourth-order valence-corrected chi connectivity index (χ4v) is 3.11. The Labute approximate surface area is 161 Å². The van der Waals surface area contributed by atoms with Gasteiger partial charge >= 0.3 is 0 Å². The number of nitrogens with one attached hydrogen (secondary N) is 2. The molecule has 2 N–H and O–H groups in total. The van der Waals surface area contributed by atoms with Crippen LogP contribution in [0.2, 0.25) is 5.02 Å². The second kappa shape index (κ2) is 7.25. The number of benzene rings is 1. The summed E-state index contributed by atoms with van der Waals surface area (Å²) in [7, 11) is 0. The number of nitrogens with zero attached hydrogens (tertiary/aromatic N) is 4. The highest BCUT2D eigenvalue weighted by Crippen LogP contribution is 2.28. The molecule has 0 unspecified atom stereocenters. The van der Waals surface area contributed by atoms with Crippen molar-refractivity contribution in [1.82, 2.24) is 19.7 Å². The molecule has 7 nitrogen and oxygen atoms in total. The summed E-state index contributed by atoms with van der Waals surface area (Å²) in [5.74, 6) is 0.478. The molecule has 2 heterocycles. The van der Waals surface area contributed by atoms with Gasteiger partial charge in [-0.2, -0.15) is 5.26 Å². The first-order chi connectivity index (χ1) is 13.2. The van der Waals surface area contributed by atoms with E-state index in [1.165, 1.54) is 0 Å². The van der Waals surface area contributed by atoms with Crippen molar-refractivity contribution >= 4 is 29.0 Å². The van der Waals surface area contributed by atoms with Gasteiger partial charge in [0.25, 0.3) is 5.91 Å². The predicted octanol–water partition coefficient (Wildman–Crippen LogP) is 3.27. The maximum absolute atomic E-state index is 12.2. The highest BCUT2D eigenvalue weighted by Gasteiger charge is 2.24. The Bertz CT molecular complexity index is 1050. The van der Waals surface area contributed by atoms with Crippen molar-refractivity contribution in [2.75, 3.05) is 11.9 Å². The van der Waals surface area contributed by atoms with Crippen molar-refractivity contribution in [3.63, 3.8) is 0 Å². The van der Waals surface area contributed by atoms with Crippen LogP contribution in [0.15, 0.2) is 36.8 Å². The fraction of sp³-hybridized carbons (Fsp3) is 0.263. The normalized spacial score (nSPS) is 13.3. The molecule has 1 fully saturated rings. The predicted molar refractivity (Wildman–Crippen MR) is 103 cm³/mol. The van der Waals surface area contributed by atoms with Crippen LogP contribution in [-0.2, 0) is 0 Å². The molecule has 0 radical (unpaired) electrons. The minimum atomic E-state index is -0.139. The van der Waals surface area contributed by atoms with E-state index in [1.54, 1.807) is 24.5 Å². The summed E-state index contributed by atoms with van der Waals surface area (Å²) in [4.78, 5) is 21.0.